The highest BCUT2D eigenvalue weighted by atomic mass is 32.2. The Morgan fingerprint density at radius 3 is 3.00 bits per heavy atom. The van der Waals surface area contributed by atoms with Crippen LogP contribution >= 0.6 is 34.9 Å². The lowest BCUT2D eigenvalue weighted by Gasteiger charge is -1.93. The predicted octanol–water partition coefficient (Wildman–Crippen LogP) is 3.20. The third kappa shape index (κ3) is 2.99. The Morgan fingerprint density at radius 2 is 2.40 bits per heavy atom. The molecule has 0 atom stereocenters. The fraction of sp³-hybridized carbons (Fsp3) is 0.429. The minimum atomic E-state index is 1.24. The number of thioether (sulfide) groups is 2. The molecule has 0 spiro atoms. The summed E-state index contributed by atoms with van der Waals surface area (Å²) in [6.07, 6.45) is 2.15. The van der Waals surface area contributed by atoms with E-state index in [1.807, 2.05) is 34.9 Å². The summed E-state index contributed by atoms with van der Waals surface area (Å²) in [6.45, 7) is 0. The van der Waals surface area contributed by atoms with Gasteiger partial charge in [0.1, 0.15) is 0 Å². The Balaban J connectivity index is 2.15. The molecule has 0 saturated carbocycles. The lowest BCUT2D eigenvalue weighted by atomic mass is 10.7. The van der Waals surface area contributed by atoms with Gasteiger partial charge in [-0.3, -0.25) is 0 Å². The summed E-state index contributed by atoms with van der Waals surface area (Å²) in [4.78, 5) is 0. The van der Waals surface area contributed by atoms with Crippen molar-refractivity contribution < 1.29 is 0 Å². The van der Waals surface area contributed by atoms with Gasteiger partial charge in [-0.05, 0) is 17.7 Å². The van der Waals surface area contributed by atoms with Crippen LogP contribution in [0.15, 0.2) is 21.7 Å². The summed E-state index contributed by atoms with van der Waals surface area (Å²) in [6, 6.07) is 4.28. The van der Waals surface area contributed by atoms with E-state index in [0.717, 1.165) is 0 Å². The van der Waals surface area contributed by atoms with E-state index >= 15 is 0 Å². The fourth-order valence-electron chi connectivity index (χ4n) is 0.571. The first-order valence-electron chi connectivity index (χ1n) is 3.08. The molecule has 10 heavy (non-hydrogen) atoms. The molecule has 0 fully saturated rings. The lowest BCUT2D eigenvalue weighted by Crippen LogP contribution is -1.78. The largest absolute Gasteiger partial charge is 0.165 e. The fourth-order valence-corrected chi connectivity index (χ4v) is 3.08. The summed E-state index contributed by atoms with van der Waals surface area (Å²) < 4.78 is 1.44. The first-order valence-corrected chi connectivity index (χ1v) is 6.34. The molecule has 0 aliphatic carbocycles. The molecule has 0 nitrogen and oxygen atoms in total. The van der Waals surface area contributed by atoms with Gasteiger partial charge in [0.25, 0.3) is 0 Å². The van der Waals surface area contributed by atoms with Crippen molar-refractivity contribution in [1.29, 1.82) is 0 Å². The van der Waals surface area contributed by atoms with Gasteiger partial charge < -0.3 is 0 Å². The molecule has 0 saturated heterocycles. The van der Waals surface area contributed by atoms with Crippen molar-refractivity contribution in [2.45, 2.75) is 4.21 Å². The average molecular weight is 190 g/mol. The quantitative estimate of drug-likeness (QED) is 0.528. The standard InChI is InChI=1S/C7H10S3/c1-8-5-6-10-7-3-2-4-9-7/h2-4H,5-6H2,1H3. The Morgan fingerprint density at radius 1 is 1.50 bits per heavy atom. The topological polar surface area (TPSA) is 0 Å². The molecule has 56 valence electrons. The molecule has 1 aromatic heterocycles. The molecule has 3 heteroatoms. The van der Waals surface area contributed by atoms with Crippen LogP contribution in [0.25, 0.3) is 0 Å². The zero-order valence-electron chi connectivity index (χ0n) is 5.87. The lowest BCUT2D eigenvalue weighted by molar-refractivity contribution is 1.54. The van der Waals surface area contributed by atoms with Gasteiger partial charge in [0.05, 0.1) is 4.21 Å². The highest BCUT2D eigenvalue weighted by molar-refractivity contribution is 8.03. The molecule has 0 unspecified atom stereocenters. The summed E-state index contributed by atoms with van der Waals surface area (Å²) in [5.41, 5.74) is 0. The number of thiophene rings is 1. The van der Waals surface area contributed by atoms with Crippen molar-refractivity contribution in [3.05, 3.63) is 17.5 Å². The summed E-state index contributed by atoms with van der Waals surface area (Å²) in [7, 11) is 0. The van der Waals surface area contributed by atoms with Gasteiger partial charge in [-0.1, -0.05) is 6.07 Å². The predicted molar refractivity (Wildman–Crippen MR) is 53.4 cm³/mol. The van der Waals surface area contributed by atoms with E-state index in [2.05, 4.69) is 23.8 Å². The Hall–Kier alpha value is 0.400. The second-order valence-electron chi connectivity index (χ2n) is 1.77. The van der Waals surface area contributed by atoms with E-state index < -0.39 is 0 Å². The van der Waals surface area contributed by atoms with Crippen molar-refractivity contribution in [2.24, 2.45) is 0 Å². The molecule has 0 aliphatic heterocycles. The van der Waals surface area contributed by atoms with Crippen LogP contribution in [0.3, 0.4) is 0 Å². The van der Waals surface area contributed by atoms with Crippen molar-refractivity contribution >= 4 is 34.9 Å². The highest BCUT2D eigenvalue weighted by Crippen LogP contribution is 2.23. The van der Waals surface area contributed by atoms with Crippen molar-refractivity contribution in [3.8, 4) is 0 Å². The maximum absolute atomic E-state index is 2.18. The third-order valence-electron chi connectivity index (χ3n) is 1.03. The van der Waals surface area contributed by atoms with E-state index in [0.29, 0.717) is 0 Å². The minimum Gasteiger partial charge on any atom is -0.165 e. The van der Waals surface area contributed by atoms with E-state index in [4.69, 9.17) is 0 Å². The molecule has 0 bridgehead atoms. The second kappa shape index (κ2) is 5.10. The Bertz CT molecular complexity index is 157. The smallest absolute Gasteiger partial charge is 0.0598 e. The van der Waals surface area contributed by atoms with Gasteiger partial charge in [0.2, 0.25) is 0 Å². The summed E-state index contributed by atoms with van der Waals surface area (Å²) in [5.74, 6) is 2.49. The SMILES string of the molecule is CSCCSc1cccs1. The monoisotopic (exact) mass is 190 g/mol. The molecule has 0 N–H and O–H groups in total. The molecule has 1 aromatic rings. The van der Waals surface area contributed by atoms with Gasteiger partial charge >= 0.3 is 0 Å². The maximum atomic E-state index is 2.18. The van der Waals surface area contributed by atoms with Crippen LogP contribution in [0.5, 0.6) is 0 Å². The molecule has 0 amide bonds. The van der Waals surface area contributed by atoms with Crippen LogP contribution in [0.2, 0.25) is 0 Å². The molecule has 0 radical (unpaired) electrons. The Kier molecular flexibility index (Phi) is 4.34. The zero-order chi connectivity index (χ0) is 7.23. The van der Waals surface area contributed by atoms with Crippen molar-refractivity contribution in [2.75, 3.05) is 17.8 Å². The summed E-state index contributed by atoms with van der Waals surface area (Å²) in [5, 5.41) is 2.13. The van der Waals surface area contributed by atoms with Crippen LogP contribution in [0.1, 0.15) is 0 Å². The average Bonchev–Trinajstić information content (AvgIpc) is 2.41. The van der Waals surface area contributed by atoms with E-state index in [9.17, 15) is 0 Å². The summed E-state index contributed by atoms with van der Waals surface area (Å²) >= 11 is 5.68. The molecular weight excluding hydrogens is 180 g/mol. The third-order valence-corrected chi connectivity index (χ3v) is 4.03. The van der Waals surface area contributed by atoms with Gasteiger partial charge in [-0.25, -0.2) is 0 Å². The maximum Gasteiger partial charge on any atom is 0.0598 e. The zero-order valence-corrected chi connectivity index (χ0v) is 8.32. The van der Waals surface area contributed by atoms with E-state index in [1.165, 1.54) is 15.7 Å². The molecule has 0 aliphatic rings. The van der Waals surface area contributed by atoms with Crippen molar-refractivity contribution in [3.63, 3.8) is 0 Å². The van der Waals surface area contributed by atoms with Crippen LogP contribution < -0.4 is 0 Å². The normalized spacial score (nSPS) is 10.1. The number of hydrogen-bond donors (Lipinski definition) is 0. The van der Waals surface area contributed by atoms with Gasteiger partial charge in [-0.2, -0.15) is 11.8 Å². The van der Waals surface area contributed by atoms with Crippen LogP contribution in [-0.2, 0) is 0 Å². The Labute approximate surface area is 74.4 Å². The van der Waals surface area contributed by atoms with Crippen LogP contribution in [-0.4, -0.2) is 17.8 Å². The molecular formula is C7H10S3. The van der Waals surface area contributed by atoms with Crippen LogP contribution in [0, 0.1) is 0 Å². The number of hydrogen-bond acceptors (Lipinski definition) is 3. The van der Waals surface area contributed by atoms with Crippen LogP contribution in [0.4, 0.5) is 0 Å². The van der Waals surface area contributed by atoms with Gasteiger partial charge in [-0.15, -0.1) is 23.1 Å². The van der Waals surface area contributed by atoms with Gasteiger partial charge in [0.15, 0.2) is 0 Å². The van der Waals surface area contributed by atoms with Gasteiger partial charge in [0, 0.05) is 11.5 Å². The van der Waals surface area contributed by atoms with Crippen molar-refractivity contribution in [1.82, 2.24) is 0 Å². The number of rotatable bonds is 4. The first-order chi connectivity index (χ1) is 4.93. The first kappa shape index (κ1) is 8.50. The second-order valence-corrected chi connectivity index (χ2v) is 5.10. The highest BCUT2D eigenvalue weighted by Gasteiger charge is 1.91. The van der Waals surface area contributed by atoms with E-state index in [1.54, 1.807) is 0 Å². The molecule has 0 aromatic carbocycles. The molecule has 1 heterocycles. The minimum absolute atomic E-state index is 1.24. The molecule has 1 rings (SSSR count). The van der Waals surface area contributed by atoms with E-state index in [-0.39, 0.29) is 0 Å².